The van der Waals surface area contributed by atoms with Crippen LogP contribution < -0.4 is 0 Å². The van der Waals surface area contributed by atoms with E-state index in [1.807, 2.05) is 40.1 Å². The molecule has 2 saturated heterocycles. The van der Waals surface area contributed by atoms with Crippen LogP contribution in [0.2, 0.25) is 0 Å². The Labute approximate surface area is 216 Å². The molecule has 202 valence electrons. The van der Waals surface area contributed by atoms with Crippen molar-refractivity contribution in [3.63, 3.8) is 0 Å². The normalized spacial score (nSPS) is 20.9. The molecule has 2 amide bonds. The zero-order valence-electron chi connectivity index (χ0n) is 21.7. The van der Waals surface area contributed by atoms with Crippen LogP contribution in [0.5, 0.6) is 0 Å². The van der Waals surface area contributed by atoms with E-state index < -0.39 is 18.0 Å². The van der Waals surface area contributed by atoms with Gasteiger partial charge in [0.05, 0.1) is 6.04 Å². The van der Waals surface area contributed by atoms with Crippen molar-refractivity contribution >= 4 is 11.8 Å². The van der Waals surface area contributed by atoms with E-state index in [1.165, 1.54) is 6.07 Å². The van der Waals surface area contributed by atoms with Crippen molar-refractivity contribution in [2.75, 3.05) is 32.7 Å². The molecule has 9 heteroatoms. The topological polar surface area (TPSA) is 57.0 Å². The predicted octanol–water partition coefficient (Wildman–Crippen LogP) is 5.21. The fraction of sp³-hybridized carbons (Fsp3) is 0.571. The van der Waals surface area contributed by atoms with Gasteiger partial charge in [-0.2, -0.15) is 13.2 Å². The molecule has 2 fully saturated rings. The molecule has 0 saturated carbocycles. The van der Waals surface area contributed by atoms with Crippen LogP contribution in [-0.2, 0) is 15.8 Å². The number of piperidine rings is 1. The number of piperazine rings is 1. The van der Waals surface area contributed by atoms with Gasteiger partial charge in [0.15, 0.2) is 0 Å². The standard InChI is InChI=1S/C28H36F3N3O3/c1-19(2)23-18-33(15-16-34(23)26(36)17-21-11-13-32(14-12-21)20(3)35)27(22-7-5-4-6-8-22)24-9-10-25(37-24)28(29,30)31/h4-10,19,21,23,27H,11-18H2,1-3H3/t23-,27+/m1/s1. The van der Waals surface area contributed by atoms with Crippen molar-refractivity contribution in [3.05, 3.63) is 59.5 Å². The number of hydrogen-bond donors (Lipinski definition) is 0. The molecule has 3 heterocycles. The van der Waals surface area contributed by atoms with E-state index in [4.69, 9.17) is 4.42 Å². The minimum absolute atomic E-state index is 0.0678. The Hall–Kier alpha value is -2.81. The second-order valence-corrected chi connectivity index (χ2v) is 10.6. The number of carbonyl (C=O) groups excluding carboxylic acids is 2. The molecule has 2 aliphatic rings. The molecule has 0 unspecified atom stereocenters. The average Bonchev–Trinajstić information content (AvgIpc) is 3.35. The number of rotatable bonds is 6. The maximum atomic E-state index is 13.4. The lowest BCUT2D eigenvalue weighted by molar-refractivity contribution is -0.154. The van der Waals surface area contributed by atoms with Crippen LogP contribution >= 0.6 is 0 Å². The van der Waals surface area contributed by atoms with E-state index in [2.05, 4.69) is 18.7 Å². The Morgan fingerprint density at radius 1 is 1.00 bits per heavy atom. The van der Waals surface area contributed by atoms with Crippen LogP contribution in [0.1, 0.15) is 63.2 Å². The molecule has 0 bridgehead atoms. The summed E-state index contributed by atoms with van der Waals surface area (Å²) in [6.45, 7) is 8.68. The number of furan rings is 1. The summed E-state index contributed by atoms with van der Waals surface area (Å²) in [6.07, 6.45) is -2.43. The number of hydrogen-bond acceptors (Lipinski definition) is 4. The van der Waals surface area contributed by atoms with Crippen molar-refractivity contribution in [2.24, 2.45) is 11.8 Å². The molecule has 0 spiro atoms. The first kappa shape index (κ1) is 27.2. The first-order chi connectivity index (χ1) is 17.5. The molecule has 6 nitrogen and oxygen atoms in total. The lowest BCUT2D eigenvalue weighted by Crippen LogP contribution is -2.58. The highest BCUT2D eigenvalue weighted by Gasteiger charge is 2.40. The Kier molecular flexibility index (Phi) is 8.31. The van der Waals surface area contributed by atoms with Crippen molar-refractivity contribution in [1.29, 1.82) is 0 Å². The number of likely N-dealkylation sites (tertiary alicyclic amines) is 1. The third-order valence-corrected chi connectivity index (χ3v) is 7.72. The van der Waals surface area contributed by atoms with Gasteiger partial charge in [-0.15, -0.1) is 0 Å². The fourth-order valence-electron chi connectivity index (χ4n) is 5.61. The predicted molar refractivity (Wildman–Crippen MR) is 134 cm³/mol. The van der Waals surface area contributed by atoms with Gasteiger partial charge < -0.3 is 14.2 Å². The largest absolute Gasteiger partial charge is 0.454 e. The van der Waals surface area contributed by atoms with Gasteiger partial charge >= 0.3 is 6.18 Å². The molecular weight excluding hydrogens is 483 g/mol. The first-order valence-corrected chi connectivity index (χ1v) is 13.1. The van der Waals surface area contributed by atoms with E-state index >= 15 is 0 Å². The summed E-state index contributed by atoms with van der Waals surface area (Å²) in [6, 6.07) is 11.3. The molecule has 0 aliphatic carbocycles. The van der Waals surface area contributed by atoms with E-state index in [9.17, 15) is 22.8 Å². The first-order valence-electron chi connectivity index (χ1n) is 13.1. The van der Waals surface area contributed by atoms with Crippen LogP contribution in [0.15, 0.2) is 46.9 Å². The molecule has 2 aromatic rings. The van der Waals surface area contributed by atoms with Crippen LogP contribution in [0.25, 0.3) is 0 Å². The van der Waals surface area contributed by atoms with E-state index in [0.717, 1.165) is 24.5 Å². The summed E-state index contributed by atoms with van der Waals surface area (Å²) in [4.78, 5) is 31.0. The molecule has 0 N–H and O–H groups in total. The maximum Gasteiger partial charge on any atom is 0.449 e. The molecule has 2 atom stereocenters. The molecule has 2 aliphatic heterocycles. The lowest BCUT2D eigenvalue weighted by Gasteiger charge is -2.46. The van der Waals surface area contributed by atoms with Crippen molar-refractivity contribution in [1.82, 2.24) is 14.7 Å². The summed E-state index contributed by atoms with van der Waals surface area (Å²) in [7, 11) is 0. The van der Waals surface area contributed by atoms with Crippen molar-refractivity contribution in [2.45, 2.75) is 58.3 Å². The molecule has 37 heavy (non-hydrogen) atoms. The van der Waals surface area contributed by atoms with Gasteiger partial charge in [0.25, 0.3) is 0 Å². The SMILES string of the molecule is CC(=O)N1CCC(CC(=O)N2CCN([C@@H](c3ccccc3)c3ccc(C(F)(F)F)o3)C[C@@H]2C(C)C)CC1. The third-order valence-electron chi connectivity index (χ3n) is 7.72. The molecule has 1 aromatic carbocycles. The van der Waals surface area contributed by atoms with Gasteiger partial charge in [-0.1, -0.05) is 44.2 Å². The molecule has 1 aromatic heterocycles. The number of alkyl halides is 3. The monoisotopic (exact) mass is 519 g/mol. The Morgan fingerprint density at radius 2 is 1.68 bits per heavy atom. The minimum atomic E-state index is -4.55. The fourth-order valence-corrected chi connectivity index (χ4v) is 5.61. The van der Waals surface area contributed by atoms with Crippen molar-refractivity contribution < 1.29 is 27.2 Å². The number of benzene rings is 1. The highest BCUT2D eigenvalue weighted by molar-refractivity contribution is 5.77. The quantitative estimate of drug-likeness (QED) is 0.526. The molecule has 4 rings (SSSR count). The van der Waals surface area contributed by atoms with Gasteiger partial charge in [-0.3, -0.25) is 14.5 Å². The number of nitrogens with zero attached hydrogens (tertiary/aromatic N) is 3. The highest BCUT2D eigenvalue weighted by atomic mass is 19.4. The smallest absolute Gasteiger partial charge is 0.449 e. The second kappa shape index (κ2) is 11.3. The van der Waals surface area contributed by atoms with Crippen LogP contribution in [-0.4, -0.2) is 65.3 Å². The number of carbonyl (C=O) groups is 2. The summed E-state index contributed by atoms with van der Waals surface area (Å²) in [5.41, 5.74) is 0.852. The Bertz CT molecular complexity index is 1060. The van der Waals surface area contributed by atoms with Gasteiger partial charge in [0, 0.05) is 52.1 Å². The number of amides is 2. The van der Waals surface area contributed by atoms with Crippen LogP contribution in [0, 0.1) is 11.8 Å². The Balaban J connectivity index is 1.50. The van der Waals surface area contributed by atoms with E-state index in [1.54, 1.807) is 6.92 Å². The molecule has 0 radical (unpaired) electrons. The summed E-state index contributed by atoms with van der Waals surface area (Å²) in [5, 5.41) is 0. The van der Waals surface area contributed by atoms with Gasteiger partial charge in [-0.05, 0) is 42.4 Å². The summed E-state index contributed by atoms with van der Waals surface area (Å²) in [5.74, 6) is -0.132. The summed E-state index contributed by atoms with van der Waals surface area (Å²) >= 11 is 0. The third kappa shape index (κ3) is 6.37. The second-order valence-electron chi connectivity index (χ2n) is 10.6. The average molecular weight is 520 g/mol. The van der Waals surface area contributed by atoms with Crippen LogP contribution in [0.3, 0.4) is 0 Å². The highest BCUT2D eigenvalue weighted by Crippen LogP contribution is 2.37. The van der Waals surface area contributed by atoms with Crippen molar-refractivity contribution in [3.8, 4) is 0 Å². The Morgan fingerprint density at radius 3 is 2.24 bits per heavy atom. The van der Waals surface area contributed by atoms with Gasteiger partial charge in [0.2, 0.25) is 17.6 Å². The van der Waals surface area contributed by atoms with Gasteiger partial charge in [0.1, 0.15) is 5.76 Å². The van der Waals surface area contributed by atoms with Gasteiger partial charge in [-0.25, -0.2) is 0 Å². The molecular formula is C28H36F3N3O3. The van der Waals surface area contributed by atoms with Crippen LogP contribution in [0.4, 0.5) is 13.2 Å². The zero-order chi connectivity index (χ0) is 26.7. The lowest BCUT2D eigenvalue weighted by atomic mass is 9.91. The zero-order valence-corrected chi connectivity index (χ0v) is 21.7. The maximum absolute atomic E-state index is 13.4. The minimum Gasteiger partial charge on any atom is -0.454 e. The number of halogens is 3. The summed E-state index contributed by atoms with van der Waals surface area (Å²) < 4.78 is 45.2. The van der Waals surface area contributed by atoms with E-state index in [0.29, 0.717) is 39.1 Å². The van der Waals surface area contributed by atoms with E-state index in [-0.39, 0.29) is 35.5 Å².